The van der Waals surface area contributed by atoms with Gasteiger partial charge in [0.1, 0.15) is 12.0 Å². The zero-order valence-corrected chi connectivity index (χ0v) is 17.8. The highest BCUT2D eigenvalue weighted by atomic mass is 16.5. The number of nitrogens with zero attached hydrogens (tertiary/aromatic N) is 4. The van der Waals surface area contributed by atoms with Gasteiger partial charge in [0.2, 0.25) is 17.7 Å². The minimum absolute atomic E-state index is 0.0341. The molecule has 2 amide bonds. The molecule has 2 aromatic heterocycles. The molecule has 5 rings (SSSR count). The second kappa shape index (κ2) is 8.49. The summed E-state index contributed by atoms with van der Waals surface area (Å²) in [6, 6.07) is 9.13. The van der Waals surface area contributed by atoms with Crippen molar-refractivity contribution in [1.82, 2.24) is 15.1 Å². The molecule has 2 aliphatic rings. The highest BCUT2D eigenvalue weighted by molar-refractivity contribution is 6.00. The highest BCUT2D eigenvalue weighted by Crippen LogP contribution is 2.32. The molecule has 32 heavy (non-hydrogen) atoms. The first-order valence-electron chi connectivity index (χ1n) is 10.7. The van der Waals surface area contributed by atoms with Gasteiger partial charge < -0.3 is 23.4 Å². The van der Waals surface area contributed by atoms with E-state index in [0.717, 1.165) is 24.1 Å². The third-order valence-electron chi connectivity index (χ3n) is 6.20. The number of hydrogen-bond acceptors (Lipinski definition) is 7. The quantitative estimate of drug-likeness (QED) is 0.606. The van der Waals surface area contributed by atoms with Crippen LogP contribution in [0, 0.1) is 5.92 Å². The summed E-state index contributed by atoms with van der Waals surface area (Å²) in [6.07, 6.45) is 4.86. The zero-order valence-electron chi connectivity index (χ0n) is 17.8. The van der Waals surface area contributed by atoms with Crippen molar-refractivity contribution in [2.24, 2.45) is 5.92 Å². The van der Waals surface area contributed by atoms with E-state index in [1.807, 2.05) is 29.2 Å². The lowest BCUT2D eigenvalue weighted by Gasteiger charge is -2.32. The summed E-state index contributed by atoms with van der Waals surface area (Å²) in [7, 11) is 1.59. The smallest absolute Gasteiger partial charge is 0.250 e. The number of methoxy groups -OCH3 is 1. The molecule has 166 valence electrons. The number of rotatable bonds is 5. The summed E-state index contributed by atoms with van der Waals surface area (Å²) < 4.78 is 16.1. The predicted octanol–water partition coefficient (Wildman–Crippen LogP) is 3.10. The Hall–Kier alpha value is -3.62. The maximum Gasteiger partial charge on any atom is 0.250 e. The summed E-state index contributed by atoms with van der Waals surface area (Å²) >= 11 is 0. The van der Waals surface area contributed by atoms with Crippen molar-refractivity contribution < 1.29 is 23.2 Å². The molecule has 1 aromatic carbocycles. The van der Waals surface area contributed by atoms with Crippen LogP contribution in [0.15, 0.2) is 51.7 Å². The number of furan rings is 1. The largest absolute Gasteiger partial charge is 0.497 e. The minimum Gasteiger partial charge on any atom is -0.497 e. The van der Waals surface area contributed by atoms with Crippen LogP contribution in [0.4, 0.5) is 5.69 Å². The van der Waals surface area contributed by atoms with Crippen LogP contribution >= 0.6 is 0 Å². The van der Waals surface area contributed by atoms with Crippen LogP contribution < -0.4 is 9.64 Å². The van der Waals surface area contributed by atoms with E-state index in [1.54, 1.807) is 30.6 Å². The molecular weight excluding hydrogens is 412 g/mol. The topological polar surface area (TPSA) is 102 Å². The first-order valence-corrected chi connectivity index (χ1v) is 10.7. The molecule has 1 unspecified atom stereocenters. The molecule has 1 atom stereocenters. The molecule has 0 spiro atoms. The maximum atomic E-state index is 13.1. The van der Waals surface area contributed by atoms with E-state index in [9.17, 15) is 9.59 Å². The fourth-order valence-corrected chi connectivity index (χ4v) is 4.41. The number of aromatic nitrogens is 2. The Morgan fingerprint density at radius 3 is 2.78 bits per heavy atom. The number of ether oxygens (including phenoxy) is 1. The summed E-state index contributed by atoms with van der Waals surface area (Å²) in [6.45, 7) is 1.61. The number of piperidine rings is 1. The van der Waals surface area contributed by atoms with Gasteiger partial charge in [-0.2, -0.15) is 0 Å². The number of carbonyl (C=O) groups excluding carboxylic acids is 2. The number of benzene rings is 1. The molecule has 2 fully saturated rings. The molecule has 4 heterocycles. The first-order chi connectivity index (χ1) is 15.6. The lowest BCUT2D eigenvalue weighted by Crippen LogP contribution is -2.42. The standard InChI is InChI=1S/C23H24N4O5/c1-30-19-4-2-3-18(12-19)27-13-17(11-20(27)28)23(29)26-8-5-15(6-9-26)21-24-25-22(32-21)16-7-10-31-14-16/h2-4,7,10,12,14-15,17H,5-6,8-9,11,13H2,1H3. The lowest BCUT2D eigenvalue weighted by atomic mass is 9.95. The molecule has 3 aromatic rings. The SMILES string of the molecule is COc1cccc(N2CC(C(=O)N3CCC(c4nnc(-c5ccoc5)o4)CC3)CC2=O)c1. The number of hydrogen-bond donors (Lipinski definition) is 0. The molecule has 0 saturated carbocycles. The maximum absolute atomic E-state index is 13.1. The molecular formula is C23H24N4O5. The van der Waals surface area contributed by atoms with Gasteiger partial charge in [-0.15, -0.1) is 10.2 Å². The molecule has 0 aliphatic carbocycles. The van der Waals surface area contributed by atoms with Gasteiger partial charge in [0.15, 0.2) is 0 Å². The van der Waals surface area contributed by atoms with E-state index in [-0.39, 0.29) is 30.1 Å². The van der Waals surface area contributed by atoms with Gasteiger partial charge in [0.25, 0.3) is 5.89 Å². The van der Waals surface area contributed by atoms with Gasteiger partial charge in [0.05, 0.1) is 24.9 Å². The third-order valence-corrected chi connectivity index (χ3v) is 6.20. The van der Waals surface area contributed by atoms with E-state index in [2.05, 4.69) is 10.2 Å². The second-order valence-electron chi connectivity index (χ2n) is 8.16. The Balaban J connectivity index is 1.19. The van der Waals surface area contributed by atoms with E-state index in [0.29, 0.717) is 37.2 Å². The Labute approximate surface area is 185 Å². The van der Waals surface area contributed by atoms with Crippen molar-refractivity contribution >= 4 is 17.5 Å². The molecule has 9 nitrogen and oxygen atoms in total. The van der Waals surface area contributed by atoms with Gasteiger partial charge in [-0.05, 0) is 31.0 Å². The summed E-state index contributed by atoms with van der Waals surface area (Å²) in [5, 5.41) is 8.29. The average Bonchev–Trinajstić information content (AvgIpc) is 3.59. The zero-order chi connectivity index (χ0) is 22.1. The number of amides is 2. The van der Waals surface area contributed by atoms with Gasteiger partial charge in [-0.3, -0.25) is 9.59 Å². The van der Waals surface area contributed by atoms with Crippen LogP contribution in [-0.2, 0) is 9.59 Å². The van der Waals surface area contributed by atoms with Crippen LogP contribution in [0.5, 0.6) is 5.75 Å². The molecule has 2 aliphatic heterocycles. The van der Waals surface area contributed by atoms with Crippen LogP contribution in [0.25, 0.3) is 11.5 Å². The van der Waals surface area contributed by atoms with Crippen LogP contribution in [0.1, 0.15) is 31.1 Å². The van der Waals surface area contributed by atoms with Crippen molar-refractivity contribution in [3.63, 3.8) is 0 Å². The summed E-state index contributed by atoms with van der Waals surface area (Å²) in [5.41, 5.74) is 1.51. The van der Waals surface area contributed by atoms with Crippen molar-refractivity contribution in [3.05, 3.63) is 48.7 Å². The van der Waals surface area contributed by atoms with Gasteiger partial charge in [-0.25, -0.2) is 0 Å². The van der Waals surface area contributed by atoms with Crippen molar-refractivity contribution in [3.8, 4) is 17.2 Å². The van der Waals surface area contributed by atoms with E-state index >= 15 is 0 Å². The van der Waals surface area contributed by atoms with Crippen molar-refractivity contribution in [1.29, 1.82) is 0 Å². The monoisotopic (exact) mass is 436 g/mol. The lowest BCUT2D eigenvalue weighted by molar-refractivity contribution is -0.136. The second-order valence-corrected chi connectivity index (χ2v) is 8.16. The Morgan fingerprint density at radius 1 is 1.19 bits per heavy atom. The first kappa shape index (κ1) is 20.3. The van der Waals surface area contributed by atoms with Gasteiger partial charge in [0, 0.05) is 43.7 Å². The fourth-order valence-electron chi connectivity index (χ4n) is 4.41. The Morgan fingerprint density at radius 2 is 2.03 bits per heavy atom. The van der Waals surface area contributed by atoms with Gasteiger partial charge in [-0.1, -0.05) is 6.07 Å². The van der Waals surface area contributed by atoms with Crippen molar-refractivity contribution in [2.75, 3.05) is 31.6 Å². The van der Waals surface area contributed by atoms with Crippen molar-refractivity contribution in [2.45, 2.75) is 25.2 Å². The Bertz CT molecular complexity index is 1100. The Kier molecular flexibility index (Phi) is 5.38. The minimum atomic E-state index is -0.332. The predicted molar refractivity (Wildman–Crippen MR) is 114 cm³/mol. The average molecular weight is 436 g/mol. The fraction of sp³-hybridized carbons (Fsp3) is 0.391. The number of likely N-dealkylation sites (tertiary alicyclic amines) is 1. The van der Waals surface area contributed by atoms with E-state index in [4.69, 9.17) is 13.6 Å². The normalized spacial score (nSPS) is 19.5. The molecule has 2 saturated heterocycles. The molecule has 0 N–H and O–H groups in total. The molecule has 0 bridgehead atoms. The summed E-state index contributed by atoms with van der Waals surface area (Å²) in [4.78, 5) is 29.2. The van der Waals surface area contributed by atoms with Crippen LogP contribution in [0.2, 0.25) is 0 Å². The molecule has 0 radical (unpaired) electrons. The van der Waals surface area contributed by atoms with Crippen LogP contribution in [0.3, 0.4) is 0 Å². The number of anilines is 1. The third kappa shape index (κ3) is 3.86. The summed E-state index contributed by atoms with van der Waals surface area (Å²) in [5.74, 6) is 1.50. The van der Waals surface area contributed by atoms with E-state index < -0.39 is 0 Å². The van der Waals surface area contributed by atoms with Crippen LogP contribution in [-0.4, -0.2) is 53.7 Å². The van der Waals surface area contributed by atoms with Gasteiger partial charge >= 0.3 is 0 Å². The highest BCUT2D eigenvalue weighted by Gasteiger charge is 2.38. The van der Waals surface area contributed by atoms with E-state index in [1.165, 1.54) is 0 Å². The molecule has 9 heteroatoms. The number of carbonyl (C=O) groups is 2.